The molecular weight excluding hydrogens is 437 g/mol. The van der Waals surface area contributed by atoms with Crippen molar-refractivity contribution in [2.24, 2.45) is 5.92 Å². The predicted molar refractivity (Wildman–Crippen MR) is 113 cm³/mol. The molecule has 0 saturated carbocycles. The third-order valence-corrected chi connectivity index (χ3v) is 5.66. The summed E-state index contributed by atoms with van der Waals surface area (Å²) in [6.45, 7) is 9.98. The van der Waals surface area contributed by atoms with Crippen LogP contribution in [0.1, 0.15) is 50.0 Å². The molecule has 178 valence electrons. The van der Waals surface area contributed by atoms with Crippen LogP contribution in [0, 0.1) is 5.92 Å². The van der Waals surface area contributed by atoms with E-state index in [1.54, 1.807) is 0 Å². The molecule has 0 radical (unpaired) electrons. The Morgan fingerprint density at radius 1 is 1.00 bits per heavy atom. The fourth-order valence-electron chi connectivity index (χ4n) is 3.81. The number of rotatable bonds is 7. The summed E-state index contributed by atoms with van der Waals surface area (Å²) >= 11 is 0. The van der Waals surface area contributed by atoms with Crippen LogP contribution in [0.5, 0.6) is 0 Å². The molecule has 4 rings (SSSR count). The summed E-state index contributed by atoms with van der Waals surface area (Å²) in [5.41, 5.74) is -0.470. The zero-order valence-electron chi connectivity index (χ0n) is 18.8. The van der Waals surface area contributed by atoms with Gasteiger partial charge in [0, 0.05) is 38.2 Å². The van der Waals surface area contributed by atoms with E-state index in [-0.39, 0.29) is 17.4 Å². The van der Waals surface area contributed by atoms with Crippen molar-refractivity contribution in [1.82, 2.24) is 30.1 Å². The smallest absolute Gasteiger partial charge is 0.339 e. The highest BCUT2D eigenvalue weighted by molar-refractivity contribution is 5.55. The third kappa shape index (κ3) is 5.77. The zero-order valence-corrected chi connectivity index (χ0v) is 18.8. The number of piperazine rings is 1. The van der Waals surface area contributed by atoms with Gasteiger partial charge >= 0.3 is 6.18 Å². The van der Waals surface area contributed by atoms with E-state index in [2.05, 4.69) is 43.9 Å². The number of alkyl halides is 3. The molecule has 0 N–H and O–H groups in total. The molecule has 1 aliphatic rings. The summed E-state index contributed by atoms with van der Waals surface area (Å²) in [4.78, 5) is 13.3. The van der Waals surface area contributed by atoms with Crippen LogP contribution in [0.15, 0.2) is 33.3 Å². The average Bonchev–Trinajstić information content (AvgIpc) is 3.43. The van der Waals surface area contributed by atoms with Crippen LogP contribution in [0.4, 0.5) is 13.2 Å². The van der Waals surface area contributed by atoms with Gasteiger partial charge in [-0.2, -0.15) is 23.1 Å². The van der Waals surface area contributed by atoms with Crippen molar-refractivity contribution in [1.29, 1.82) is 0 Å². The van der Waals surface area contributed by atoms with Crippen molar-refractivity contribution in [2.45, 2.75) is 46.0 Å². The molecular formula is C22H27F3N6O2. The van der Waals surface area contributed by atoms with E-state index in [1.807, 2.05) is 6.92 Å². The van der Waals surface area contributed by atoms with Gasteiger partial charge in [-0.25, -0.2) is 0 Å². The monoisotopic (exact) mass is 464 g/mol. The van der Waals surface area contributed by atoms with Gasteiger partial charge in [-0.15, -0.1) is 0 Å². The second kappa shape index (κ2) is 9.60. The van der Waals surface area contributed by atoms with Crippen LogP contribution in [-0.4, -0.2) is 56.3 Å². The highest BCUT2D eigenvalue weighted by atomic mass is 19.4. The van der Waals surface area contributed by atoms with Gasteiger partial charge < -0.3 is 9.05 Å². The molecule has 0 spiro atoms. The number of hydrogen-bond donors (Lipinski definition) is 0. The summed E-state index contributed by atoms with van der Waals surface area (Å²) in [5.74, 6) is 2.35. The Kier molecular flexibility index (Phi) is 6.80. The average molecular weight is 464 g/mol. The van der Waals surface area contributed by atoms with E-state index in [0.29, 0.717) is 30.1 Å². The summed E-state index contributed by atoms with van der Waals surface area (Å²) < 4.78 is 49.7. The normalized spacial score (nSPS) is 17.1. The molecule has 1 fully saturated rings. The molecule has 33 heavy (non-hydrogen) atoms. The summed E-state index contributed by atoms with van der Waals surface area (Å²) in [6, 6.07) is 4.78. The highest BCUT2D eigenvalue weighted by Crippen LogP contribution is 2.32. The molecule has 0 aliphatic carbocycles. The lowest BCUT2D eigenvalue weighted by molar-refractivity contribution is -0.137. The number of hydrogen-bond acceptors (Lipinski definition) is 8. The first-order valence-corrected chi connectivity index (χ1v) is 11.0. The topological polar surface area (TPSA) is 84.3 Å². The van der Waals surface area contributed by atoms with Gasteiger partial charge in [0.2, 0.25) is 17.6 Å². The van der Waals surface area contributed by atoms with Crippen LogP contribution < -0.4 is 0 Å². The molecule has 1 atom stereocenters. The van der Waals surface area contributed by atoms with Crippen molar-refractivity contribution in [2.75, 3.05) is 26.2 Å². The lowest BCUT2D eigenvalue weighted by Gasteiger charge is -2.36. The minimum atomic E-state index is -4.42. The van der Waals surface area contributed by atoms with E-state index in [0.717, 1.165) is 44.7 Å². The first kappa shape index (κ1) is 23.4. The molecule has 1 saturated heterocycles. The van der Waals surface area contributed by atoms with E-state index >= 15 is 0 Å². The minimum absolute atomic E-state index is 0.149. The van der Waals surface area contributed by atoms with Crippen LogP contribution in [-0.2, 0) is 19.1 Å². The minimum Gasteiger partial charge on any atom is -0.339 e. The van der Waals surface area contributed by atoms with Gasteiger partial charge in [0.05, 0.1) is 18.2 Å². The molecule has 2 aromatic heterocycles. The van der Waals surface area contributed by atoms with E-state index in [1.165, 1.54) is 12.1 Å². The zero-order chi connectivity index (χ0) is 23.6. The van der Waals surface area contributed by atoms with Crippen LogP contribution >= 0.6 is 0 Å². The fraction of sp³-hybridized carbons (Fsp3) is 0.545. The lowest BCUT2D eigenvalue weighted by Crippen LogP contribution is -2.46. The van der Waals surface area contributed by atoms with E-state index in [9.17, 15) is 13.2 Å². The molecule has 3 aromatic rings. The van der Waals surface area contributed by atoms with Gasteiger partial charge in [-0.3, -0.25) is 9.80 Å². The maximum atomic E-state index is 13.0. The molecule has 8 nitrogen and oxygen atoms in total. The van der Waals surface area contributed by atoms with Crippen molar-refractivity contribution < 1.29 is 22.2 Å². The van der Waals surface area contributed by atoms with E-state index in [4.69, 9.17) is 9.05 Å². The molecule has 1 unspecified atom stereocenters. The molecule has 1 aromatic carbocycles. The Hall–Kier alpha value is -2.79. The maximum absolute atomic E-state index is 13.0. The predicted octanol–water partition coefficient (Wildman–Crippen LogP) is 4.22. The second-order valence-corrected chi connectivity index (χ2v) is 8.73. The number of halogens is 3. The lowest BCUT2D eigenvalue weighted by atomic mass is 10.1. The van der Waals surface area contributed by atoms with Crippen molar-refractivity contribution in [3.63, 3.8) is 0 Å². The van der Waals surface area contributed by atoms with Gasteiger partial charge in [-0.1, -0.05) is 36.3 Å². The first-order valence-electron chi connectivity index (χ1n) is 11.0. The third-order valence-electron chi connectivity index (χ3n) is 5.66. The Morgan fingerprint density at radius 2 is 1.76 bits per heavy atom. The van der Waals surface area contributed by atoms with Crippen molar-refractivity contribution in [3.8, 4) is 11.4 Å². The van der Waals surface area contributed by atoms with Gasteiger partial charge in [-0.05, 0) is 25.0 Å². The summed E-state index contributed by atoms with van der Waals surface area (Å²) in [6.07, 6.45) is -3.65. The number of aromatic nitrogens is 4. The Balaban J connectivity index is 1.33. The highest BCUT2D eigenvalue weighted by Gasteiger charge is 2.31. The molecule has 3 heterocycles. The maximum Gasteiger partial charge on any atom is 0.416 e. The quantitative estimate of drug-likeness (QED) is 0.514. The van der Waals surface area contributed by atoms with Gasteiger partial charge in [0.25, 0.3) is 0 Å². The summed E-state index contributed by atoms with van der Waals surface area (Å²) in [5, 5.41) is 7.97. The van der Waals surface area contributed by atoms with Gasteiger partial charge in [0.15, 0.2) is 5.82 Å². The Labute approximate surface area is 189 Å². The fourth-order valence-corrected chi connectivity index (χ4v) is 3.81. The number of nitrogens with zero attached hydrogens (tertiary/aromatic N) is 6. The summed E-state index contributed by atoms with van der Waals surface area (Å²) in [7, 11) is 0. The van der Waals surface area contributed by atoms with Crippen LogP contribution in [0.2, 0.25) is 0 Å². The molecule has 0 bridgehead atoms. The van der Waals surface area contributed by atoms with Crippen LogP contribution in [0.25, 0.3) is 11.4 Å². The second-order valence-electron chi connectivity index (χ2n) is 8.73. The van der Waals surface area contributed by atoms with Crippen LogP contribution in [0.3, 0.4) is 0 Å². The van der Waals surface area contributed by atoms with Gasteiger partial charge in [0.1, 0.15) is 0 Å². The Morgan fingerprint density at radius 3 is 2.45 bits per heavy atom. The SMILES string of the molecule is CC(C)Cc1nc(CN2CCN(C(C)c3nc(-c4cccc(C(F)(F)F)c4)no3)CC2)no1. The molecule has 11 heteroatoms. The standard InChI is InChI=1S/C22H27F3N6O2/c1-14(2)11-19-26-18(28-32-19)13-30-7-9-31(10-8-30)15(3)21-27-20(29-33-21)16-5-4-6-17(12-16)22(23,24)25/h4-6,12,14-15H,7-11,13H2,1-3H3. The molecule has 0 amide bonds. The Bertz CT molecular complexity index is 1060. The molecule has 1 aliphatic heterocycles. The number of benzene rings is 1. The van der Waals surface area contributed by atoms with Crippen molar-refractivity contribution in [3.05, 3.63) is 47.4 Å². The first-order chi connectivity index (χ1) is 15.7. The largest absolute Gasteiger partial charge is 0.416 e. The van der Waals surface area contributed by atoms with E-state index < -0.39 is 11.7 Å². The van der Waals surface area contributed by atoms with Crippen molar-refractivity contribution >= 4 is 0 Å².